The van der Waals surface area contributed by atoms with Crippen molar-refractivity contribution in [1.29, 1.82) is 0 Å². The fraction of sp³-hybridized carbons (Fsp3) is 0.421. The molecular weight excluding hydrogens is 288 g/mol. The number of hydrogen-bond acceptors (Lipinski definition) is 2. The van der Waals surface area contributed by atoms with E-state index in [4.69, 9.17) is 4.74 Å². The van der Waals surface area contributed by atoms with E-state index in [9.17, 15) is 4.79 Å². The second kappa shape index (κ2) is 6.20. The van der Waals surface area contributed by atoms with Gasteiger partial charge in [-0.2, -0.15) is 0 Å². The van der Waals surface area contributed by atoms with Crippen LogP contribution >= 0.6 is 0 Å². The van der Waals surface area contributed by atoms with Crippen LogP contribution < -0.4 is 0 Å². The van der Waals surface area contributed by atoms with Crippen LogP contribution in [0.2, 0.25) is 0 Å². The summed E-state index contributed by atoms with van der Waals surface area (Å²) >= 11 is 0. The number of carbonyl (C=O) groups excluding carboxylic acids is 1. The highest BCUT2D eigenvalue weighted by Gasteiger charge is 2.35. The first-order valence-corrected chi connectivity index (χ1v) is 8.43. The van der Waals surface area contributed by atoms with E-state index in [1.165, 1.54) is 11.3 Å². The van der Waals surface area contributed by atoms with E-state index >= 15 is 0 Å². The highest BCUT2D eigenvalue weighted by atomic mass is 16.5. The van der Waals surface area contributed by atoms with Gasteiger partial charge in [0.05, 0.1) is 6.04 Å². The molecule has 1 aromatic carbocycles. The second-order valence-corrected chi connectivity index (χ2v) is 6.36. The highest BCUT2D eigenvalue weighted by molar-refractivity contribution is 5.80. The van der Waals surface area contributed by atoms with Gasteiger partial charge in [-0.15, -0.1) is 0 Å². The zero-order valence-corrected chi connectivity index (χ0v) is 13.2. The molecule has 0 bridgehead atoms. The summed E-state index contributed by atoms with van der Waals surface area (Å²) in [5, 5.41) is 0. The minimum atomic E-state index is 0.0234. The first-order chi connectivity index (χ1) is 11.3. The molecule has 4 rings (SSSR count). The van der Waals surface area contributed by atoms with Crippen LogP contribution in [0.1, 0.15) is 30.1 Å². The topological polar surface area (TPSA) is 34.5 Å². The molecule has 0 radical (unpaired) electrons. The van der Waals surface area contributed by atoms with Crippen LogP contribution in [-0.4, -0.2) is 35.1 Å². The molecule has 4 heteroatoms. The molecule has 1 fully saturated rings. The lowest BCUT2D eigenvalue weighted by atomic mass is 9.94. The van der Waals surface area contributed by atoms with Gasteiger partial charge in [-0.05, 0) is 30.5 Å². The van der Waals surface area contributed by atoms with E-state index in [0.717, 1.165) is 25.9 Å². The third-order valence-corrected chi connectivity index (χ3v) is 5.01. The molecular formula is C19H22N2O2. The van der Waals surface area contributed by atoms with Crippen molar-refractivity contribution >= 4 is 5.91 Å². The zero-order chi connectivity index (χ0) is 15.6. The van der Waals surface area contributed by atoms with E-state index in [-0.39, 0.29) is 17.9 Å². The fourth-order valence-corrected chi connectivity index (χ4v) is 3.79. The lowest BCUT2D eigenvalue weighted by molar-refractivity contribution is -0.141. The summed E-state index contributed by atoms with van der Waals surface area (Å²) in [6, 6.07) is 14.6. The lowest BCUT2D eigenvalue weighted by Crippen LogP contribution is -2.46. The Hall–Kier alpha value is -2.07. The maximum absolute atomic E-state index is 13.1. The Morgan fingerprint density at radius 1 is 1.00 bits per heavy atom. The number of ether oxygens (including phenoxy) is 1. The van der Waals surface area contributed by atoms with E-state index in [1.807, 2.05) is 18.2 Å². The lowest BCUT2D eigenvalue weighted by Gasteiger charge is -2.39. The molecule has 0 saturated carbocycles. The number of nitrogens with zero attached hydrogens (tertiary/aromatic N) is 2. The molecule has 1 amide bonds. The van der Waals surface area contributed by atoms with Crippen molar-refractivity contribution in [2.75, 3.05) is 19.8 Å². The molecule has 120 valence electrons. The maximum Gasteiger partial charge on any atom is 0.226 e. The zero-order valence-electron chi connectivity index (χ0n) is 13.2. The summed E-state index contributed by atoms with van der Waals surface area (Å²) in [6.07, 6.45) is 3.80. The average Bonchev–Trinajstić information content (AvgIpc) is 3.10. The summed E-state index contributed by atoms with van der Waals surface area (Å²) in [7, 11) is 0. The molecule has 1 unspecified atom stereocenters. The molecule has 0 spiro atoms. The van der Waals surface area contributed by atoms with E-state index in [1.54, 1.807) is 0 Å². The van der Waals surface area contributed by atoms with E-state index < -0.39 is 0 Å². The van der Waals surface area contributed by atoms with E-state index in [0.29, 0.717) is 13.2 Å². The molecule has 0 N–H and O–H groups in total. The monoisotopic (exact) mass is 310 g/mol. The van der Waals surface area contributed by atoms with Gasteiger partial charge in [0, 0.05) is 44.1 Å². The summed E-state index contributed by atoms with van der Waals surface area (Å²) in [6.45, 7) is 3.06. The largest absolute Gasteiger partial charge is 0.381 e. The Balaban J connectivity index is 1.69. The van der Waals surface area contributed by atoms with Crippen molar-refractivity contribution < 1.29 is 9.53 Å². The van der Waals surface area contributed by atoms with Crippen molar-refractivity contribution in [3.63, 3.8) is 0 Å². The second-order valence-electron chi connectivity index (χ2n) is 6.36. The minimum Gasteiger partial charge on any atom is -0.381 e. The van der Waals surface area contributed by atoms with Gasteiger partial charge in [-0.3, -0.25) is 4.79 Å². The normalized spacial score (nSPS) is 21.9. The quantitative estimate of drug-likeness (QED) is 0.855. The Bertz CT molecular complexity index is 674. The van der Waals surface area contributed by atoms with Crippen LogP contribution in [0.4, 0.5) is 0 Å². The summed E-state index contributed by atoms with van der Waals surface area (Å²) < 4.78 is 7.69. The van der Waals surface area contributed by atoms with Crippen LogP contribution in [0.25, 0.3) is 0 Å². The molecule has 1 saturated heterocycles. The predicted molar refractivity (Wildman–Crippen MR) is 88.0 cm³/mol. The molecule has 2 aliphatic rings. The standard InChI is InChI=1S/C19H22N2O2/c22-19(16-8-13-23-14-9-16)21-12-11-20-10-4-7-17(20)18(21)15-5-2-1-3-6-15/h1-7,10,16,18H,8-9,11-14H2. The number of carbonyl (C=O) groups is 1. The van der Waals surface area contributed by atoms with Gasteiger partial charge in [0.15, 0.2) is 0 Å². The summed E-state index contributed by atoms with van der Waals surface area (Å²) in [5.74, 6) is 0.395. The Kier molecular flexibility index (Phi) is 3.92. The van der Waals surface area contributed by atoms with Crippen LogP contribution in [0, 0.1) is 5.92 Å². The van der Waals surface area contributed by atoms with Crippen LogP contribution in [-0.2, 0) is 16.1 Å². The van der Waals surface area contributed by atoms with Crippen molar-refractivity contribution in [1.82, 2.24) is 9.47 Å². The van der Waals surface area contributed by atoms with Gasteiger partial charge >= 0.3 is 0 Å². The molecule has 1 aromatic heterocycles. The van der Waals surface area contributed by atoms with Crippen LogP contribution in [0.3, 0.4) is 0 Å². The number of benzene rings is 1. The molecule has 1 atom stereocenters. The van der Waals surface area contributed by atoms with Gasteiger partial charge in [-0.25, -0.2) is 0 Å². The summed E-state index contributed by atoms with van der Waals surface area (Å²) in [4.78, 5) is 15.2. The number of aromatic nitrogens is 1. The number of amides is 1. The number of hydrogen-bond donors (Lipinski definition) is 0. The van der Waals surface area contributed by atoms with Crippen molar-refractivity contribution in [2.24, 2.45) is 5.92 Å². The van der Waals surface area contributed by atoms with Crippen LogP contribution in [0.5, 0.6) is 0 Å². The van der Waals surface area contributed by atoms with Crippen molar-refractivity contribution in [2.45, 2.75) is 25.4 Å². The molecule has 2 aliphatic heterocycles. The third-order valence-electron chi connectivity index (χ3n) is 5.01. The Morgan fingerprint density at radius 3 is 2.57 bits per heavy atom. The molecule has 4 nitrogen and oxygen atoms in total. The van der Waals surface area contributed by atoms with Gasteiger partial charge in [0.25, 0.3) is 0 Å². The molecule has 23 heavy (non-hydrogen) atoms. The van der Waals surface area contributed by atoms with E-state index in [2.05, 4.69) is 39.9 Å². The number of rotatable bonds is 2. The highest BCUT2D eigenvalue weighted by Crippen LogP contribution is 2.34. The molecule has 0 aliphatic carbocycles. The minimum absolute atomic E-state index is 0.0234. The SMILES string of the molecule is O=C(C1CCOCC1)N1CCn2cccc2C1c1ccccc1. The molecule has 3 heterocycles. The summed E-state index contributed by atoms with van der Waals surface area (Å²) in [5.41, 5.74) is 2.40. The van der Waals surface area contributed by atoms with Crippen LogP contribution in [0.15, 0.2) is 48.7 Å². The van der Waals surface area contributed by atoms with Crippen molar-refractivity contribution in [3.05, 3.63) is 59.9 Å². The van der Waals surface area contributed by atoms with Gasteiger partial charge < -0.3 is 14.2 Å². The maximum atomic E-state index is 13.1. The predicted octanol–water partition coefficient (Wildman–Crippen LogP) is 2.85. The molecule has 2 aromatic rings. The third kappa shape index (κ3) is 2.68. The smallest absolute Gasteiger partial charge is 0.226 e. The first-order valence-electron chi connectivity index (χ1n) is 8.43. The number of fused-ring (bicyclic) bond motifs is 1. The fourth-order valence-electron chi connectivity index (χ4n) is 3.79. The van der Waals surface area contributed by atoms with Gasteiger partial charge in [0.1, 0.15) is 0 Å². The van der Waals surface area contributed by atoms with Gasteiger partial charge in [0.2, 0.25) is 5.91 Å². The average molecular weight is 310 g/mol. The first kappa shape index (κ1) is 14.5. The van der Waals surface area contributed by atoms with Gasteiger partial charge in [-0.1, -0.05) is 30.3 Å². The van der Waals surface area contributed by atoms with Crippen molar-refractivity contribution in [3.8, 4) is 0 Å². The Labute approximate surface area is 136 Å². The Morgan fingerprint density at radius 2 is 1.78 bits per heavy atom.